The molecule has 0 saturated heterocycles. The Bertz CT molecular complexity index is 619. The van der Waals surface area contributed by atoms with Crippen molar-refractivity contribution in [3.05, 3.63) is 29.6 Å². The zero-order valence-corrected chi connectivity index (χ0v) is 12.0. The molecule has 0 unspecified atom stereocenters. The molecule has 2 aromatic rings. The molecule has 0 fully saturated rings. The molecule has 19 heavy (non-hydrogen) atoms. The van der Waals surface area contributed by atoms with Gasteiger partial charge in [-0.3, -0.25) is 0 Å². The van der Waals surface area contributed by atoms with Crippen molar-refractivity contribution in [2.75, 3.05) is 13.6 Å². The molecule has 0 radical (unpaired) electrons. The first-order valence-electron chi connectivity index (χ1n) is 6.45. The van der Waals surface area contributed by atoms with Gasteiger partial charge in [0.2, 0.25) is 0 Å². The summed E-state index contributed by atoms with van der Waals surface area (Å²) in [5, 5.41) is 9.06. The molecule has 0 aliphatic carbocycles. The summed E-state index contributed by atoms with van der Waals surface area (Å²) in [6.07, 6.45) is 0. The molecule has 0 atom stereocenters. The van der Waals surface area contributed by atoms with Gasteiger partial charge in [-0.25, -0.2) is 4.98 Å². The van der Waals surface area contributed by atoms with Gasteiger partial charge in [0.15, 0.2) is 0 Å². The van der Waals surface area contributed by atoms with Gasteiger partial charge in [0.1, 0.15) is 5.82 Å². The van der Waals surface area contributed by atoms with Gasteiger partial charge in [0.25, 0.3) is 0 Å². The number of nitrogens with one attached hydrogen (secondary N) is 1. The lowest BCUT2D eigenvalue weighted by molar-refractivity contribution is 0.249. The van der Waals surface area contributed by atoms with E-state index in [0.717, 1.165) is 29.9 Å². The van der Waals surface area contributed by atoms with Crippen molar-refractivity contribution in [3.63, 3.8) is 0 Å². The number of hydrogen-bond acceptors (Lipinski definition) is 3. The van der Waals surface area contributed by atoms with Crippen LogP contribution in [0.3, 0.4) is 0 Å². The van der Waals surface area contributed by atoms with E-state index in [2.05, 4.69) is 33.1 Å². The zero-order valence-electron chi connectivity index (χ0n) is 12.0. The van der Waals surface area contributed by atoms with Crippen LogP contribution < -0.4 is 0 Å². The fraction of sp³-hybridized carbons (Fsp3) is 0.467. The maximum Gasteiger partial charge on any atom is 0.104 e. The molecular weight excluding hydrogens is 236 g/mol. The van der Waals surface area contributed by atoms with Crippen LogP contribution >= 0.6 is 0 Å². The molecule has 0 spiro atoms. The van der Waals surface area contributed by atoms with Crippen LogP contribution in [0.5, 0.6) is 0 Å². The molecule has 4 nitrogen and oxygen atoms in total. The van der Waals surface area contributed by atoms with E-state index in [0.29, 0.717) is 0 Å². The van der Waals surface area contributed by atoms with Crippen molar-refractivity contribution in [2.45, 2.75) is 27.3 Å². The number of H-pyrrole nitrogens is 1. The molecular formula is C15H20N4. The Labute approximate surface area is 114 Å². The molecule has 0 saturated carbocycles. The number of aromatic amines is 1. The van der Waals surface area contributed by atoms with E-state index in [1.54, 1.807) is 0 Å². The third-order valence-electron chi connectivity index (χ3n) is 3.09. The lowest BCUT2D eigenvalue weighted by Crippen LogP contribution is -2.29. The van der Waals surface area contributed by atoms with Crippen LogP contribution in [-0.2, 0) is 6.54 Å². The monoisotopic (exact) mass is 256 g/mol. The second kappa shape index (κ2) is 5.02. The number of nitriles is 1. The van der Waals surface area contributed by atoms with E-state index in [1.807, 2.05) is 33.9 Å². The van der Waals surface area contributed by atoms with Gasteiger partial charge in [0, 0.05) is 13.1 Å². The SMILES string of the molecule is Cc1nc2ccc(CN(C)CC(C)(C)C#N)cc2[nH]1. The summed E-state index contributed by atoms with van der Waals surface area (Å²) >= 11 is 0. The minimum absolute atomic E-state index is 0.316. The summed E-state index contributed by atoms with van der Waals surface area (Å²) < 4.78 is 0. The highest BCUT2D eigenvalue weighted by molar-refractivity contribution is 5.75. The van der Waals surface area contributed by atoms with Gasteiger partial charge < -0.3 is 9.88 Å². The van der Waals surface area contributed by atoms with Crippen LogP contribution in [0.4, 0.5) is 0 Å². The molecule has 0 aliphatic heterocycles. The topological polar surface area (TPSA) is 55.7 Å². The van der Waals surface area contributed by atoms with Crippen LogP contribution in [0.1, 0.15) is 25.2 Å². The molecule has 1 heterocycles. The van der Waals surface area contributed by atoms with Gasteiger partial charge in [-0.05, 0) is 45.5 Å². The summed E-state index contributed by atoms with van der Waals surface area (Å²) in [6, 6.07) is 8.60. The molecule has 0 aliphatic rings. The minimum atomic E-state index is -0.316. The third kappa shape index (κ3) is 3.33. The molecule has 4 heteroatoms. The van der Waals surface area contributed by atoms with Crippen molar-refractivity contribution in [1.29, 1.82) is 5.26 Å². The fourth-order valence-electron chi connectivity index (χ4n) is 2.36. The first-order chi connectivity index (χ1) is 8.89. The van der Waals surface area contributed by atoms with Gasteiger partial charge >= 0.3 is 0 Å². The summed E-state index contributed by atoms with van der Waals surface area (Å²) in [4.78, 5) is 9.82. The van der Waals surface area contributed by atoms with Crippen LogP contribution in [0.2, 0.25) is 0 Å². The highest BCUT2D eigenvalue weighted by atomic mass is 15.1. The van der Waals surface area contributed by atoms with Crippen LogP contribution in [-0.4, -0.2) is 28.5 Å². The average Bonchev–Trinajstić information content (AvgIpc) is 2.67. The van der Waals surface area contributed by atoms with Crippen molar-refractivity contribution in [2.24, 2.45) is 5.41 Å². The summed E-state index contributed by atoms with van der Waals surface area (Å²) in [6.45, 7) is 7.47. The maximum absolute atomic E-state index is 9.06. The van der Waals surface area contributed by atoms with Crippen molar-refractivity contribution < 1.29 is 0 Å². The predicted molar refractivity (Wildman–Crippen MR) is 76.6 cm³/mol. The molecule has 100 valence electrons. The van der Waals surface area contributed by atoms with E-state index in [-0.39, 0.29) is 5.41 Å². The maximum atomic E-state index is 9.06. The quantitative estimate of drug-likeness (QED) is 0.915. The summed E-state index contributed by atoms with van der Waals surface area (Å²) in [5.41, 5.74) is 2.99. The largest absolute Gasteiger partial charge is 0.342 e. The fourth-order valence-corrected chi connectivity index (χ4v) is 2.36. The number of fused-ring (bicyclic) bond motifs is 1. The number of rotatable bonds is 4. The number of hydrogen-bond donors (Lipinski definition) is 1. The lowest BCUT2D eigenvalue weighted by Gasteiger charge is -2.24. The Morgan fingerprint density at radius 2 is 2.16 bits per heavy atom. The predicted octanol–water partition coefficient (Wildman–Crippen LogP) is 2.85. The van der Waals surface area contributed by atoms with Gasteiger partial charge in [-0.1, -0.05) is 6.07 Å². The first kappa shape index (κ1) is 13.6. The Hall–Kier alpha value is -1.86. The Balaban J connectivity index is 2.11. The van der Waals surface area contributed by atoms with Gasteiger partial charge in [-0.2, -0.15) is 5.26 Å². The normalized spacial score (nSPS) is 12.0. The molecule has 1 N–H and O–H groups in total. The number of nitrogens with zero attached hydrogens (tertiary/aromatic N) is 3. The van der Waals surface area contributed by atoms with Crippen molar-refractivity contribution >= 4 is 11.0 Å². The minimum Gasteiger partial charge on any atom is -0.342 e. The molecule has 0 bridgehead atoms. The van der Waals surface area contributed by atoms with Gasteiger partial charge in [0.05, 0.1) is 22.5 Å². The van der Waals surface area contributed by atoms with Crippen molar-refractivity contribution in [3.8, 4) is 6.07 Å². The van der Waals surface area contributed by atoms with Crippen LogP contribution in [0.25, 0.3) is 11.0 Å². The average molecular weight is 256 g/mol. The van der Waals surface area contributed by atoms with E-state index < -0.39 is 0 Å². The van der Waals surface area contributed by atoms with Gasteiger partial charge in [-0.15, -0.1) is 0 Å². The van der Waals surface area contributed by atoms with Crippen LogP contribution in [0, 0.1) is 23.7 Å². The smallest absolute Gasteiger partial charge is 0.104 e. The van der Waals surface area contributed by atoms with Crippen molar-refractivity contribution in [1.82, 2.24) is 14.9 Å². The first-order valence-corrected chi connectivity index (χ1v) is 6.45. The third-order valence-corrected chi connectivity index (χ3v) is 3.09. The second-order valence-electron chi connectivity index (χ2n) is 5.84. The number of aryl methyl sites for hydroxylation is 1. The van der Waals surface area contributed by atoms with E-state index in [4.69, 9.17) is 5.26 Å². The summed E-state index contributed by atoms with van der Waals surface area (Å²) in [7, 11) is 2.04. The van der Waals surface area contributed by atoms with E-state index >= 15 is 0 Å². The highest BCUT2D eigenvalue weighted by Gasteiger charge is 2.19. The van der Waals surface area contributed by atoms with E-state index in [9.17, 15) is 0 Å². The number of aromatic nitrogens is 2. The second-order valence-corrected chi connectivity index (χ2v) is 5.84. The Morgan fingerprint density at radius 1 is 1.42 bits per heavy atom. The molecule has 2 rings (SSSR count). The number of imidazole rings is 1. The standard InChI is InChI=1S/C15H20N4/c1-11-17-13-6-5-12(7-14(13)18-11)8-19(4)10-15(2,3)9-16/h5-7H,8,10H2,1-4H3,(H,17,18). The molecule has 0 amide bonds. The zero-order chi connectivity index (χ0) is 14.0. The molecule has 1 aromatic carbocycles. The highest BCUT2D eigenvalue weighted by Crippen LogP contribution is 2.18. The Kier molecular flexibility index (Phi) is 3.59. The lowest BCUT2D eigenvalue weighted by atomic mass is 9.95. The van der Waals surface area contributed by atoms with E-state index in [1.165, 1.54) is 5.56 Å². The Morgan fingerprint density at radius 3 is 2.84 bits per heavy atom. The summed E-state index contributed by atoms with van der Waals surface area (Å²) in [5.74, 6) is 0.936. The molecule has 1 aromatic heterocycles. The van der Waals surface area contributed by atoms with Crippen LogP contribution in [0.15, 0.2) is 18.2 Å². The number of benzene rings is 1.